The highest BCUT2D eigenvalue weighted by Gasteiger charge is 2.30. The Morgan fingerprint density at radius 1 is 1.08 bits per heavy atom. The van der Waals surface area contributed by atoms with Crippen LogP contribution >= 0.6 is 11.6 Å². The number of halogens is 4. The van der Waals surface area contributed by atoms with Crippen molar-refractivity contribution in [2.75, 3.05) is 11.9 Å². The molecule has 1 unspecified atom stereocenters. The zero-order valence-electron chi connectivity index (χ0n) is 13.2. The highest BCUT2D eigenvalue weighted by Crippen LogP contribution is 2.29. The van der Waals surface area contributed by atoms with Gasteiger partial charge in [-0.1, -0.05) is 29.8 Å². The summed E-state index contributed by atoms with van der Waals surface area (Å²) in [6.07, 6.45) is -5.74. The molecule has 0 aliphatic rings. The van der Waals surface area contributed by atoms with Gasteiger partial charge in [0.2, 0.25) is 0 Å². The number of benzene rings is 2. The molecule has 2 rings (SSSR count). The van der Waals surface area contributed by atoms with Crippen molar-refractivity contribution in [3.63, 3.8) is 0 Å². The van der Waals surface area contributed by atoms with Crippen LogP contribution in [0.2, 0.25) is 5.02 Å². The fourth-order valence-electron chi connectivity index (χ4n) is 2.04. The molecule has 0 spiro atoms. The van der Waals surface area contributed by atoms with Crippen molar-refractivity contribution in [1.29, 1.82) is 0 Å². The Morgan fingerprint density at radius 2 is 1.73 bits per heavy atom. The Bertz CT molecular complexity index is 795. The Balaban J connectivity index is 1.88. The highest BCUT2D eigenvalue weighted by molar-refractivity contribution is 6.39. The van der Waals surface area contributed by atoms with Crippen molar-refractivity contribution >= 4 is 29.1 Å². The molecule has 1 atom stereocenters. The lowest BCUT2D eigenvalue weighted by atomic mass is 10.1. The number of nitrogens with one attached hydrogen (secondary N) is 2. The molecule has 5 nitrogen and oxygen atoms in total. The van der Waals surface area contributed by atoms with Crippen LogP contribution in [-0.4, -0.2) is 23.5 Å². The molecule has 0 aliphatic carbocycles. The Morgan fingerprint density at radius 3 is 2.31 bits per heavy atom. The van der Waals surface area contributed by atoms with Gasteiger partial charge in [0, 0.05) is 17.3 Å². The summed E-state index contributed by atoms with van der Waals surface area (Å²) in [6.45, 7) is -0.340. The van der Waals surface area contributed by atoms with Gasteiger partial charge in [-0.2, -0.15) is 13.2 Å². The lowest BCUT2D eigenvalue weighted by Crippen LogP contribution is -2.37. The minimum absolute atomic E-state index is 0.175. The number of rotatable bonds is 4. The highest BCUT2D eigenvalue weighted by atomic mass is 35.5. The molecule has 0 fully saturated rings. The molecule has 26 heavy (non-hydrogen) atoms. The maximum Gasteiger partial charge on any atom is 0.416 e. The van der Waals surface area contributed by atoms with E-state index >= 15 is 0 Å². The summed E-state index contributed by atoms with van der Waals surface area (Å²) in [5, 5.41) is 14.8. The molecular weight excluding hydrogens is 373 g/mol. The van der Waals surface area contributed by atoms with Crippen LogP contribution in [0.1, 0.15) is 17.2 Å². The summed E-state index contributed by atoms with van der Waals surface area (Å²) < 4.78 is 37.5. The SMILES string of the molecule is O=C(NCC(O)c1ccc(C(F)(F)F)cc1)C(=O)Nc1cccc(Cl)c1. The van der Waals surface area contributed by atoms with Crippen LogP contribution in [0.4, 0.5) is 18.9 Å². The minimum Gasteiger partial charge on any atom is -0.387 e. The second-order valence-electron chi connectivity index (χ2n) is 5.31. The first kappa shape index (κ1) is 19.7. The summed E-state index contributed by atoms with van der Waals surface area (Å²) in [4.78, 5) is 23.5. The van der Waals surface area contributed by atoms with Gasteiger partial charge in [-0.05, 0) is 35.9 Å². The maximum absolute atomic E-state index is 12.5. The third kappa shape index (κ3) is 5.47. The van der Waals surface area contributed by atoms with Crippen LogP contribution in [0, 0.1) is 0 Å². The molecule has 9 heteroatoms. The lowest BCUT2D eigenvalue weighted by Gasteiger charge is -2.13. The number of carbonyl (C=O) groups is 2. The van der Waals surface area contributed by atoms with Gasteiger partial charge in [-0.25, -0.2) is 0 Å². The first-order chi connectivity index (χ1) is 12.2. The van der Waals surface area contributed by atoms with Crippen molar-refractivity contribution in [3.05, 3.63) is 64.7 Å². The van der Waals surface area contributed by atoms with E-state index in [-0.39, 0.29) is 12.1 Å². The van der Waals surface area contributed by atoms with Gasteiger partial charge < -0.3 is 15.7 Å². The molecule has 0 aliphatic heterocycles. The molecule has 3 N–H and O–H groups in total. The van der Waals surface area contributed by atoms with E-state index in [0.29, 0.717) is 10.7 Å². The van der Waals surface area contributed by atoms with E-state index in [0.717, 1.165) is 24.3 Å². The monoisotopic (exact) mass is 386 g/mol. The molecular formula is C17H14ClF3N2O3. The normalized spacial score (nSPS) is 12.3. The van der Waals surface area contributed by atoms with E-state index in [2.05, 4.69) is 10.6 Å². The molecule has 2 aromatic rings. The zero-order valence-corrected chi connectivity index (χ0v) is 13.9. The van der Waals surface area contributed by atoms with Gasteiger partial charge in [0.25, 0.3) is 0 Å². The largest absolute Gasteiger partial charge is 0.416 e. The summed E-state index contributed by atoms with van der Waals surface area (Å²) in [6, 6.07) is 10.0. The van der Waals surface area contributed by atoms with E-state index in [1.54, 1.807) is 12.1 Å². The second-order valence-corrected chi connectivity index (χ2v) is 5.75. The molecule has 2 amide bonds. The third-order valence-corrected chi connectivity index (χ3v) is 3.60. The number of aliphatic hydroxyl groups excluding tert-OH is 1. The average Bonchev–Trinajstić information content (AvgIpc) is 2.58. The Kier molecular flexibility index (Phi) is 6.23. The average molecular weight is 387 g/mol. The fraction of sp³-hybridized carbons (Fsp3) is 0.176. The van der Waals surface area contributed by atoms with E-state index < -0.39 is 29.7 Å². The molecule has 138 valence electrons. The van der Waals surface area contributed by atoms with E-state index in [9.17, 15) is 27.9 Å². The van der Waals surface area contributed by atoms with Gasteiger partial charge in [0.05, 0.1) is 11.7 Å². The molecule has 0 radical (unpaired) electrons. The Labute approximate surface area is 151 Å². The lowest BCUT2D eigenvalue weighted by molar-refractivity contribution is -0.137. The van der Waals surface area contributed by atoms with Gasteiger partial charge in [-0.15, -0.1) is 0 Å². The minimum atomic E-state index is -4.48. The number of hydrogen-bond acceptors (Lipinski definition) is 3. The third-order valence-electron chi connectivity index (χ3n) is 3.37. The van der Waals surface area contributed by atoms with Crippen molar-refractivity contribution in [3.8, 4) is 0 Å². The number of hydrogen-bond donors (Lipinski definition) is 3. The van der Waals surface area contributed by atoms with Crippen molar-refractivity contribution < 1.29 is 27.9 Å². The number of amides is 2. The summed E-state index contributed by atoms with van der Waals surface area (Å²) >= 11 is 5.76. The quantitative estimate of drug-likeness (QED) is 0.706. The molecule has 2 aromatic carbocycles. The second kappa shape index (κ2) is 8.20. The first-order valence-corrected chi connectivity index (χ1v) is 7.74. The molecule has 0 saturated carbocycles. The number of aliphatic hydroxyl groups is 1. The van der Waals surface area contributed by atoms with Crippen LogP contribution in [0.3, 0.4) is 0 Å². The summed E-state index contributed by atoms with van der Waals surface area (Å²) in [5.41, 5.74) is -0.354. The van der Waals surface area contributed by atoms with E-state index in [4.69, 9.17) is 11.6 Å². The van der Waals surface area contributed by atoms with Crippen molar-refractivity contribution in [2.24, 2.45) is 0 Å². The van der Waals surface area contributed by atoms with Gasteiger partial charge in [-0.3, -0.25) is 9.59 Å². The molecule has 0 saturated heterocycles. The summed E-state index contributed by atoms with van der Waals surface area (Å²) in [7, 11) is 0. The predicted octanol–water partition coefficient (Wildman–Crippen LogP) is 3.15. The molecule has 0 bridgehead atoms. The van der Waals surface area contributed by atoms with Crippen LogP contribution in [0.15, 0.2) is 48.5 Å². The van der Waals surface area contributed by atoms with Gasteiger partial charge in [0.15, 0.2) is 0 Å². The number of carbonyl (C=O) groups excluding carboxylic acids is 2. The fourth-order valence-corrected chi connectivity index (χ4v) is 2.23. The van der Waals surface area contributed by atoms with Crippen molar-refractivity contribution in [1.82, 2.24) is 5.32 Å². The van der Waals surface area contributed by atoms with Crippen LogP contribution in [0.25, 0.3) is 0 Å². The zero-order chi connectivity index (χ0) is 19.3. The number of alkyl halides is 3. The van der Waals surface area contributed by atoms with Gasteiger partial charge in [0.1, 0.15) is 0 Å². The predicted molar refractivity (Wildman–Crippen MR) is 89.5 cm³/mol. The van der Waals surface area contributed by atoms with Crippen LogP contribution < -0.4 is 10.6 Å². The molecule has 0 heterocycles. The first-order valence-electron chi connectivity index (χ1n) is 7.37. The van der Waals surface area contributed by atoms with Gasteiger partial charge >= 0.3 is 18.0 Å². The topological polar surface area (TPSA) is 78.4 Å². The number of anilines is 1. The van der Waals surface area contributed by atoms with Crippen LogP contribution in [-0.2, 0) is 15.8 Å². The summed E-state index contributed by atoms with van der Waals surface area (Å²) in [5.74, 6) is -1.97. The van der Waals surface area contributed by atoms with Crippen molar-refractivity contribution in [2.45, 2.75) is 12.3 Å². The smallest absolute Gasteiger partial charge is 0.387 e. The maximum atomic E-state index is 12.5. The van der Waals surface area contributed by atoms with Crippen LogP contribution in [0.5, 0.6) is 0 Å². The van der Waals surface area contributed by atoms with E-state index in [1.165, 1.54) is 12.1 Å². The standard InChI is InChI=1S/C17H14ClF3N2O3/c18-12-2-1-3-13(8-12)23-16(26)15(25)22-9-14(24)10-4-6-11(7-5-10)17(19,20)21/h1-8,14,24H,9H2,(H,22,25)(H,23,26). The van der Waals surface area contributed by atoms with E-state index in [1.807, 2.05) is 0 Å². The Hall–Kier alpha value is -2.58. The molecule has 0 aromatic heterocycles.